The largest absolute Gasteiger partial charge is 0.266 e. The summed E-state index contributed by atoms with van der Waals surface area (Å²) in [5, 5.41) is 16.4. The van der Waals surface area contributed by atoms with Crippen molar-refractivity contribution in [3.63, 3.8) is 0 Å². The third kappa shape index (κ3) is 7.94. The van der Waals surface area contributed by atoms with Crippen LogP contribution in [-0.2, 0) is 4.84 Å². The van der Waals surface area contributed by atoms with Gasteiger partial charge in [-0.25, -0.2) is 4.84 Å². The predicted molar refractivity (Wildman–Crippen MR) is 44.6 cm³/mol. The predicted octanol–water partition coefficient (Wildman–Crippen LogP) is 2.21. The van der Waals surface area contributed by atoms with Crippen LogP contribution in [0.25, 0.3) is 0 Å². The molecule has 0 aliphatic carbocycles. The summed E-state index contributed by atoms with van der Waals surface area (Å²) in [4.78, 5) is 4.58. The smallest absolute Gasteiger partial charge is 0.0816 e. The van der Waals surface area contributed by atoms with E-state index in [-0.39, 0.29) is 11.5 Å². The van der Waals surface area contributed by atoms with E-state index in [0.29, 0.717) is 5.92 Å². The minimum Gasteiger partial charge on any atom is -0.266 e. The van der Waals surface area contributed by atoms with Gasteiger partial charge in [-0.2, -0.15) is 0 Å². The van der Waals surface area contributed by atoms with Crippen molar-refractivity contribution in [2.45, 2.75) is 46.1 Å². The van der Waals surface area contributed by atoms with Gasteiger partial charge >= 0.3 is 0 Å². The van der Waals surface area contributed by atoms with Crippen LogP contribution in [0.1, 0.15) is 40.0 Å². The average molecular weight is 177 g/mol. The molecule has 1 atom stereocenters. The SMILES string of the molecule is CC(C)CCCC(C)ON(O)O. The molecule has 12 heavy (non-hydrogen) atoms. The Morgan fingerprint density at radius 1 is 1.17 bits per heavy atom. The minimum atomic E-state index is -0.222. The highest BCUT2D eigenvalue weighted by Gasteiger charge is 2.06. The zero-order valence-corrected chi connectivity index (χ0v) is 8.03. The molecule has 0 rings (SSSR count). The van der Waals surface area contributed by atoms with Crippen LogP contribution in [0.5, 0.6) is 0 Å². The molecule has 0 aliphatic heterocycles. The lowest BCUT2D eigenvalue weighted by Crippen LogP contribution is -2.21. The van der Waals surface area contributed by atoms with Crippen LogP contribution in [0, 0.1) is 5.92 Å². The Labute approximate surface area is 73.6 Å². The monoisotopic (exact) mass is 177 g/mol. The van der Waals surface area contributed by atoms with Gasteiger partial charge in [0.25, 0.3) is 0 Å². The summed E-state index contributed by atoms with van der Waals surface area (Å²) in [6.45, 7) is 6.13. The molecule has 2 N–H and O–H groups in total. The molecule has 74 valence electrons. The zero-order chi connectivity index (χ0) is 9.56. The van der Waals surface area contributed by atoms with Gasteiger partial charge in [0.2, 0.25) is 0 Å². The molecular weight excluding hydrogens is 158 g/mol. The fourth-order valence-electron chi connectivity index (χ4n) is 1.03. The minimum absolute atomic E-state index is 0.140. The van der Waals surface area contributed by atoms with E-state index in [4.69, 9.17) is 10.4 Å². The Morgan fingerprint density at radius 3 is 2.17 bits per heavy atom. The fraction of sp³-hybridized carbons (Fsp3) is 1.00. The maximum absolute atomic E-state index is 8.30. The van der Waals surface area contributed by atoms with Crippen LogP contribution < -0.4 is 0 Å². The molecule has 0 aromatic carbocycles. The summed E-state index contributed by atoms with van der Waals surface area (Å²) < 4.78 is 0. The van der Waals surface area contributed by atoms with Gasteiger partial charge in [-0.15, -0.1) is 0 Å². The van der Waals surface area contributed by atoms with Crippen LogP contribution in [0.4, 0.5) is 0 Å². The maximum atomic E-state index is 8.30. The quantitative estimate of drug-likeness (QED) is 0.611. The van der Waals surface area contributed by atoms with E-state index in [2.05, 4.69) is 18.7 Å². The topological polar surface area (TPSA) is 52.9 Å². The summed E-state index contributed by atoms with van der Waals surface area (Å²) in [5.74, 6) is 0.691. The van der Waals surface area contributed by atoms with Gasteiger partial charge in [-0.1, -0.05) is 26.7 Å². The molecule has 0 saturated heterocycles. The molecule has 0 saturated carbocycles. The number of hydrogen-bond donors (Lipinski definition) is 2. The summed E-state index contributed by atoms with van der Waals surface area (Å²) in [6.07, 6.45) is 2.89. The molecule has 0 aromatic rings. The van der Waals surface area contributed by atoms with Gasteiger partial charge < -0.3 is 0 Å². The summed E-state index contributed by atoms with van der Waals surface area (Å²) >= 11 is 0. The third-order valence-corrected chi connectivity index (χ3v) is 1.67. The van der Waals surface area contributed by atoms with Gasteiger partial charge in [0.1, 0.15) is 0 Å². The van der Waals surface area contributed by atoms with Crippen LogP contribution in [0.3, 0.4) is 0 Å². The molecular formula is C8H19NO3. The molecule has 0 aliphatic rings. The van der Waals surface area contributed by atoms with E-state index in [1.807, 2.05) is 0 Å². The van der Waals surface area contributed by atoms with Gasteiger partial charge in [-0.05, 0) is 19.3 Å². The fourth-order valence-corrected chi connectivity index (χ4v) is 1.03. The molecule has 0 spiro atoms. The van der Waals surface area contributed by atoms with Crippen molar-refractivity contribution in [2.24, 2.45) is 5.92 Å². The van der Waals surface area contributed by atoms with Crippen LogP contribution in [0.2, 0.25) is 0 Å². The number of nitrogens with zero attached hydrogens (tertiary/aromatic N) is 1. The Hall–Kier alpha value is -0.160. The first kappa shape index (κ1) is 11.8. The van der Waals surface area contributed by atoms with Gasteiger partial charge in [0.15, 0.2) is 0 Å². The van der Waals surface area contributed by atoms with E-state index in [1.54, 1.807) is 6.92 Å². The highest BCUT2D eigenvalue weighted by atomic mass is 17.1. The second kappa shape index (κ2) is 6.37. The van der Waals surface area contributed by atoms with Gasteiger partial charge in [-0.3, -0.25) is 10.4 Å². The van der Waals surface area contributed by atoms with E-state index in [9.17, 15) is 0 Å². The summed E-state index contributed by atoms with van der Waals surface area (Å²) in [6, 6.07) is 0. The molecule has 0 heterocycles. The maximum Gasteiger partial charge on any atom is 0.0816 e. The standard InChI is InChI=1S/C8H19NO3/c1-7(2)5-4-6-8(3)12-9(10)11/h7-8,10-11H,4-6H2,1-3H3. The normalized spacial score (nSPS) is 14.2. The highest BCUT2D eigenvalue weighted by molar-refractivity contribution is 4.51. The van der Waals surface area contributed by atoms with Crippen LogP contribution in [-0.4, -0.2) is 21.9 Å². The number of hydrogen-bond acceptors (Lipinski definition) is 4. The first-order chi connectivity index (χ1) is 5.52. The zero-order valence-electron chi connectivity index (χ0n) is 8.03. The first-order valence-electron chi connectivity index (χ1n) is 4.37. The second-order valence-electron chi connectivity index (χ2n) is 3.49. The van der Waals surface area contributed by atoms with Gasteiger partial charge in [0.05, 0.1) is 11.5 Å². The summed E-state index contributed by atoms with van der Waals surface area (Å²) in [7, 11) is 0. The molecule has 4 nitrogen and oxygen atoms in total. The van der Waals surface area contributed by atoms with Crippen molar-refractivity contribution >= 4 is 0 Å². The third-order valence-electron chi connectivity index (χ3n) is 1.67. The highest BCUT2D eigenvalue weighted by Crippen LogP contribution is 2.10. The van der Waals surface area contributed by atoms with Crippen LogP contribution >= 0.6 is 0 Å². The van der Waals surface area contributed by atoms with Crippen molar-refractivity contribution in [2.75, 3.05) is 0 Å². The van der Waals surface area contributed by atoms with Crippen molar-refractivity contribution in [1.29, 1.82) is 0 Å². The second-order valence-corrected chi connectivity index (χ2v) is 3.49. The molecule has 0 radical (unpaired) electrons. The van der Waals surface area contributed by atoms with Gasteiger partial charge in [0, 0.05) is 0 Å². The Morgan fingerprint density at radius 2 is 1.75 bits per heavy atom. The number of rotatable bonds is 6. The Balaban J connectivity index is 3.25. The van der Waals surface area contributed by atoms with Crippen molar-refractivity contribution < 1.29 is 15.3 Å². The Kier molecular flexibility index (Phi) is 6.28. The molecule has 0 bridgehead atoms. The van der Waals surface area contributed by atoms with Crippen molar-refractivity contribution in [3.05, 3.63) is 0 Å². The summed E-state index contributed by atoms with van der Waals surface area (Å²) in [5.41, 5.74) is 0. The lowest BCUT2D eigenvalue weighted by atomic mass is 10.1. The van der Waals surface area contributed by atoms with E-state index < -0.39 is 0 Å². The lowest BCUT2D eigenvalue weighted by Gasteiger charge is -2.14. The van der Waals surface area contributed by atoms with Crippen LogP contribution in [0.15, 0.2) is 0 Å². The van der Waals surface area contributed by atoms with E-state index in [0.717, 1.165) is 19.3 Å². The van der Waals surface area contributed by atoms with E-state index in [1.165, 1.54) is 0 Å². The van der Waals surface area contributed by atoms with Crippen molar-refractivity contribution in [3.8, 4) is 0 Å². The van der Waals surface area contributed by atoms with Crippen molar-refractivity contribution in [1.82, 2.24) is 5.39 Å². The average Bonchev–Trinajstić information content (AvgIpc) is 1.84. The molecule has 4 heteroatoms. The molecule has 0 aromatic heterocycles. The molecule has 1 unspecified atom stereocenters. The molecule has 0 fully saturated rings. The molecule has 0 amide bonds. The lowest BCUT2D eigenvalue weighted by molar-refractivity contribution is -0.503. The Bertz CT molecular complexity index is 106. The first-order valence-corrected chi connectivity index (χ1v) is 4.37. The van der Waals surface area contributed by atoms with E-state index >= 15 is 0 Å².